The number of hydrogen-bond donors (Lipinski definition) is 1. The fourth-order valence-electron chi connectivity index (χ4n) is 3.48. The summed E-state index contributed by atoms with van der Waals surface area (Å²) < 4.78 is 18.6. The van der Waals surface area contributed by atoms with Gasteiger partial charge in [0.2, 0.25) is 5.91 Å². The number of halogens is 1. The number of benzene rings is 2. The zero-order valence-corrected chi connectivity index (χ0v) is 17.3. The molecule has 0 radical (unpaired) electrons. The quantitative estimate of drug-likeness (QED) is 0.758. The lowest BCUT2D eigenvalue weighted by Gasteiger charge is -2.22. The van der Waals surface area contributed by atoms with Crippen LogP contribution in [0.2, 0.25) is 0 Å². The number of amides is 2. The van der Waals surface area contributed by atoms with Gasteiger partial charge in [0, 0.05) is 38.3 Å². The molecule has 1 saturated heterocycles. The average molecular weight is 413 g/mol. The van der Waals surface area contributed by atoms with Gasteiger partial charge < -0.3 is 15.0 Å². The number of carbonyl (C=O) groups excluding carboxylic acids is 2. The minimum atomic E-state index is -0.357. The summed E-state index contributed by atoms with van der Waals surface area (Å²) in [5.74, 6) is 0.289. The Morgan fingerprint density at radius 3 is 2.63 bits per heavy atom. The highest BCUT2D eigenvalue weighted by atomic mass is 19.1. The molecule has 1 aliphatic heterocycles. The highest BCUT2D eigenvalue weighted by Crippen LogP contribution is 2.13. The Labute approximate surface area is 176 Å². The molecule has 0 atom stereocenters. The molecule has 0 saturated carbocycles. The van der Waals surface area contributed by atoms with Crippen molar-refractivity contribution in [3.05, 3.63) is 65.5 Å². The lowest BCUT2D eigenvalue weighted by atomic mass is 10.2. The summed E-state index contributed by atoms with van der Waals surface area (Å²) in [7, 11) is 0. The van der Waals surface area contributed by atoms with Crippen LogP contribution in [0.1, 0.15) is 29.3 Å². The minimum Gasteiger partial charge on any atom is -0.494 e. The van der Waals surface area contributed by atoms with Crippen LogP contribution in [0.25, 0.3) is 0 Å². The van der Waals surface area contributed by atoms with Crippen LogP contribution in [0, 0.1) is 5.82 Å². The van der Waals surface area contributed by atoms with E-state index in [0.717, 1.165) is 24.3 Å². The zero-order valence-electron chi connectivity index (χ0n) is 17.3. The van der Waals surface area contributed by atoms with Gasteiger partial charge >= 0.3 is 0 Å². The van der Waals surface area contributed by atoms with E-state index in [1.54, 1.807) is 4.90 Å². The monoisotopic (exact) mass is 413 g/mol. The van der Waals surface area contributed by atoms with Gasteiger partial charge in [0.25, 0.3) is 5.91 Å². The molecule has 2 aromatic carbocycles. The van der Waals surface area contributed by atoms with Crippen molar-refractivity contribution in [1.29, 1.82) is 0 Å². The van der Waals surface area contributed by atoms with Gasteiger partial charge in [0.15, 0.2) is 0 Å². The molecule has 160 valence electrons. The third kappa shape index (κ3) is 6.29. The molecule has 3 rings (SSSR count). The normalized spacial score (nSPS) is 14.8. The average Bonchev–Trinajstić information content (AvgIpc) is 2.98. The van der Waals surface area contributed by atoms with Crippen molar-refractivity contribution >= 4 is 11.8 Å². The first kappa shape index (κ1) is 21.8. The van der Waals surface area contributed by atoms with E-state index in [1.165, 1.54) is 24.3 Å². The second-order valence-electron chi connectivity index (χ2n) is 7.29. The van der Waals surface area contributed by atoms with E-state index in [9.17, 15) is 14.0 Å². The predicted molar refractivity (Wildman–Crippen MR) is 113 cm³/mol. The van der Waals surface area contributed by atoms with Crippen molar-refractivity contribution in [2.45, 2.75) is 19.9 Å². The molecule has 2 amide bonds. The number of nitrogens with zero attached hydrogens (tertiary/aromatic N) is 2. The molecule has 1 heterocycles. The van der Waals surface area contributed by atoms with Crippen LogP contribution >= 0.6 is 0 Å². The summed E-state index contributed by atoms with van der Waals surface area (Å²) in [6.07, 6.45) is 0.788. The summed E-state index contributed by atoms with van der Waals surface area (Å²) in [6.45, 7) is 5.82. The Morgan fingerprint density at radius 1 is 1.07 bits per heavy atom. The largest absolute Gasteiger partial charge is 0.494 e. The van der Waals surface area contributed by atoms with E-state index < -0.39 is 0 Å². The molecule has 0 spiro atoms. The fourth-order valence-corrected chi connectivity index (χ4v) is 3.48. The Balaban J connectivity index is 1.46. The number of hydrogen-bond acceptors (Lipinski definition) is 4. The maximum atomic E-state index is 13.1. The molecule has 0 unspecified atom stereocenters. The summed E-state index contributed by atoms with van der Waals surface area (Å²) in [5.41, 5.74) is 1.47. The van der Waals surface area contributed by atoms with Gasteiger partial charge in [-0.05, 0) is 55.3 Å². The molecular formula is C23H28FN3O3. The number of nitrogens with one attached hydrogen (secondary N) is 1. The minimum absolute atomic E-state index is 0.0462. The molecule has 0 bridgehead atoms. The lowest BCUT2D eigenvalue weighted by Crippen LogP contribution is -2.39. The highest BCUT2D eigenvalue weighted by Gasteiger charge is 2.21. The second kappa shape index (κ2) is 10.7. The summed E-state index contributed by atoms with van der Waals surface area (Å²) in [5, 5.41) is 2.95. The van der Waals surface area contributed by atoms with Crippen molar-refractivity contribution < 1.29 is 18.7 Å². The van der Waals surface area contributed by atoms with E-state index in [0.29, 0.717) is 44.9 Å². The highest BCUT2D eigenvalue weighted by molar-refractivity contribution is 5.94. The molecule has 0 aliphatic carbocycles. The van der Waals surface area contributed by atoms with Gasteiger partial charge in [-0.25, -0.2) is 4.39 Å². The Morgan fingerprint density at radius 2 is 1.87 bits per heavy atom. The molecule has 7 heteroatoms. The third-order valence-electron chi connectivity index (χ3n) is 5.03. The van der Waals surface area contributed by atoms with Gasteiger partial charge in [0.1, 0.15) is 11.6 Å². The van der Waals surface area contributed by atoms with E-state index in [-0.39, 0.29) is 17.6 Å². The van der Waals surface area contributed by atoms with Gasteiger partial charge in [-0.15, -0.1) is 0 Å². The number of carbonyl (C=O) groups is 2. The molecule has 2 aromatic rings. The van der Waals surface area contributed by atoms with Crippen molar-refractivity contribution in [2.24, 2.45) is 0 Å². The molecule has 0 aromatic heterocycles. The predicted octanol–water partition coefficient (Wildman–Crippen LogP) is 2.69. The van der Waals surface area contributed by atoms with E-state index in [2.05, 4.69) is 10.2 Å². The van der Waals surface area contributed by atoms with Crippen molar-refractivity contribution in [2.75, 3.05) is 39.3 Å². The van der Waals surface area contributed by atoms with Crippen LogP contribution in [0.3, 0.4) is 0 Å². The van der Waals surface area contributed by atoms with Crippen LogP contribution in [-0.2, 0) is 11.3 Å². The number of ether oxygens (including phenoxy) is 1. The second-order valence-corrected chi connectivity index (χ2v) is 7.29. The third-order valence-corrected chi connectivity index (χ3v) is 5.03. The first-order chi connectivity index (χ1) is 14.5. The van der Waals surface area contributed by atoms with Gasteiger partial charge in [-0.2, -0.15) is 0 Å². The maximum absolute atomic E-state index is 13.1. The van der Waals surface area contributed by atoms with Gasteiger partial charge in [-0.3, -0.25) is 14.5 Å². The molecule has 30 heavy (non-hydrogen) atoms. The summed E-state index contributed by atoms with van der Waals surface area (Å²) in [4.78, 5) is 28.8. The topological polar surface area (TPSA) is 61.9 Å². The summed E-state index contributed by atoms with van der Waals surface area (Å²) >= 11 is 0. The SMILES string of the molecule is CCOc1cccc(CNC(=O)CN2CCCN(C(=O)c3ccc(F)cc3)CC2)c1. The van der Waals surface area contributed by atoms with Crippen LogP contribution < -0.4 is 10.1 Å². The smallest absolute Gasteiger partial charge is 0.253 e. The van der Waals surface area contributed by atoms with Crippen molar-refractivity contribution in [1.82, 2.24) is 15.1 Å². The van der Waals surface area contributed by atoms with E-state index >= 15 is 0 Å². The Kier molecular flexibility index (Phi) is 7.79. The molecule has 6 nitrogen and oxygen atoms in total. The van der Waals surface area contributed by atoms with Crippen LogP contribution in [-0.4, -0.2) is 60.9 Å². The number of rotatable bonds is 7. The van der Waals surface area contributed by atoms with E-state index in [4.69, 9.17) is 4.74 Å². The lowest BCUT2D eigenvalue weighted by molar-refractivity contribution is -0.122. The Bertz CT molecular complexity index is 857. The van der Waals surface area contributed by atoms with Crippen LogP contribution in [0.15, 0.2) is 48.5 Å². The van der Waals surface area contributed by atoms with Crippen molar-refractivity contribution in [3.63, 3.8) is 0 Å². The fraction of sp³-hybridized carbons (Fsp3) is 0.391. The maximum Gasteiger partial charge on any atom is 0.253 e. The first-order valence-electron chi connectivity index (χ1n) is 10.3. The van der Waals surface area contributed by atoms with E-state index in [1.807, 2.05) is 31.2 Å². The van der Waals surface area contributed by atoms with Gasteiger partial charge in [0.05, 0.1) is 13.2 Å². The Hall–Kier alpha value is -2.93. The van der Waals surface area contributed by atoms with Gasteiger partial charge in [-0.1, -0.05) is 12.1 Å². The first-order valence-corrected chi connectivity index (χ1v) is 10.3. The molecular weight excluding hydrogens is 385 g/mol. The van der Waals surface area contributed by atoms with Crippen LogP contribution in [0.5, 0.6) is 5.75 Å². The van der Waals surface area contributed by atoms with Crippen molar-refractivity contribution in [3.8, 4) is 5.75 Å². The molecule has 1 fully saturated rings. The summed E-state index contributed by atoms with van der Waals surface area (Å²) in [6, 6.07) is 13.3. The zero-order chi connectivity index (χ0) is 21.3. The van der Waals surface area contributed by atoms with Crippen LogP contribution in [0.4, 0.5) is 4.39 Å². The molecule has 1 aliphatic rings. The molecule has 1 N–H and O–H groups in total. The standard InChI is InChI=1S/C23H28FN3O3/c1-2-30-21-6-3-5-18(15-21)16-25-22(28)17-26-11-4-12-27(14-13-26)23(29)19-7-9-20(24)10-8-19/h3,5-10,15H,2,4,11-14,16-17H2,1H3,(H,25,28).